The molecule has 0 N–H and O–H groups in total. The number of carbonyl (C=O) groups excluding carboxylic acids is 1. The zero-order valence-electron chi connectivity index (χ0n) is 14.6. The maximum Gasteiger partial charge on any atom is 0.159 e. The van der Waals surface area contributed by atoms with E-state index in [1.54, 1.807) is 19.9 Å². The molecule has 0 radical (unpaired) electrons. The first-order valence-electron chi connectivity index (χ1n) is 7.92. The Hall–Kier alpha value is -1.72. The lowest BCUT2D eigenvalue weighted by atomic mass is 10.0. The van der Waals surface area contributed by atoms with E-state index in [1.807, 2.05) is 30.3 Å². The van der Waals surface area contributed by atoms with Gasteiger partial charge in [-0.3, -0.25) is 4.79 Å². The highest BCUT2D eigenvalue weighted by atomic mass is 32.2. The Morgan fingerprint density at radius 3 is 2.42 bits per heavy atom. The predicted molar refractivity (Wildman–Crippen MR) is 97.5 cm³/mol. The van der Waals surface area contributed by atoms with Crippen LogP contribution < -0.4 is 0 Å². The monoisotopic (exact) mass is 350 g/mol. The number of sulfone groups is 1. The van der Waals surface area contributed by atoms with Crippen molar-refractivity contribution in [3.05, 3.63) is 60.2 Å². The van der Waals surface area contributed by atoms with E-state index >= 15 is 0 Å². The van der Waals surface area contributed by atoms with Crippen LogP contribution in [-0.2, 0) is 26.0 Å². The van der Waals surface area contributed by atoms with Gasteiger partial charge >= 0.3 is 0 Å². The molecule has 4 nitrogen and oxygen atoms in total. The fraction of sp³-hybridized carbons (Fsp3) is 0.421. The molecular formula is C19H26O4S. The topological polar surface area (TPSA) is 60.4 Å². The fourth-order valence-electron chi connectivity index (χ4n) is 2.28. The highest BCUT2D eigenvalue weighted by molar-refractivity contribution is 7.92. The average Bonchev–Trinajstić information content (AvgIpc) is 2.51. The number of ether oxygens (including phenoxy) is 1. The molecule has 24 heavy (non-hydrogen) atoms. The van der Waals surface area contributed by atoms with Crippen LogP contribution in [0.25, 0.3) is 0 Å². The van der Waals surface area contributed by atoms with E-state index in [0.29, 0.717) is 6.61 Å². The molecular weight excluding hydrogens is 324 g/mol. The molecule has 1 aromatic rings. The lowest BCUT2D eigenvalue weighted by molar-refractivity contribution is -0.119. The molecule has 0 aliphatic carbocycles. The highest BCUT2D eigenvalue weighted by Crippen LogP contribution is 2.17. The lowest BCUT2D eigenvalue weighted by Crippen LogP contribution is -2.22. The van der Waals surface area contributed by atoms with E-state index in [1.165, 1.54) is 13.0 Å². The summed E-state index contributed by atoms with van der Waals surface area (Å²) >= 11 is 0. The standard InChI is InChI=1S/C19H26O4S/c1-5-11-24(21,22)17(4)12-15(2)19(13-16(3)20)23-14-18-9-7-6-8-10-18/h5-10,12,17,19H,1,11,13-14H2,2-4H3/b15-12-/t17-,19+/m0/s1. The Balaban J connectivity index is 2.87. The molecule has 0 bridgehead atoms. The van der Waals surface area contributed by atoms with Gasteiger partial charge in [0.25, 0.3) is 0 Å². The van der Waals surface area contributed by atoms with Crippen molar-refractivity contribution >= 4 is 15.6 Å². The minimum atomic E-state index is -3.27. The van der Waals surface area contributed by atoms with E-state index in [4.69, 9.17) is 4.74 Å². The molecule has 0 aliphatic rings. The summed E-state index contributed by atoms with van der Waals surface area (Å²) in [7, 11) is -3.27. The van der Waals surface area contributed by atoms with Gasteiger partial charge in [0.05, 0.1) is 23.7 Å². The second-order valence-corrected chi connectivity index (χ2v) is 8.33. The molecule has 0 aliphatic heterocycles. The number of hydrogen-bond acceptors (Lipinski definition) is 4. The largest absolute Gasteiger partial charge is 0.369 e. The third-order valence-corrected chi connectivity index (χ3v) is 5.66. The van der Waals surface area contributed by atoms with Crippen molar-refractivity contribution in [2.24, 2.45) is 0 Å². The maximum atomic E-state index is 12.1. The summed E-state index contributed by atoms with van der Waals surface area (Å²) in [4.78, 5) is 11.5. The first-order valence-corrected chi connectivity index (χ1v) is 9.63. The van der Waals surface area contributed by atoms with Crippen LogP contribution in [0.1, 0.15) is 32.8 Å². The second kappa shape index (κ2) is 9.55. The summed E-state index contributed by atoms with van der Waals surface area (Å²) in [5.74, 6) is -0.0670. The average molecular weight is 350 g/mol. The van der Waals surface area contributed by atoms with Gasteiger partial charge in [0.15, 0.2) is 9.84 Å². The smallest absolute Gasteiger partial charge is 0.159 e. The number of carbonyl (C=O) groups is 1. The molecule has 0 fully saturated rings. The molecule has 0 unspecified atom stereocenters. The van der Waals surface area contributed by atoms with Crippen LogP contribution in [0.2, 0.25) is 0 Å². The van der Waals surface area contributed by atoms with Crippen molar-refractivity contribution < 1.29 is 17.9 Å². The number of ketones is 1. The third kappa shape index (κ3) is 6.81. The van der Waals surface area contributed by atoms with Crippen LogP contribution in [0.4, 0.5) is 0 Å². The van der Waals surface area contributed by atoms with Crippen LogP contribution in [0.15, 0.2) is 54.6 Å². The van der Waals surface area contributed by atoms with Gasteiger partial charge in [0, 0.05) is 6.42 Å². The molecule has 132 valence electrons. The van der Waals surface area contributed by atoms with Crippen molar-refractivity contribution in [3.63, 3.8) is 0 Å². The summed E-state index contributed by atoms with van der Waals surface area (Å²) in [6.07, 6.45) is 2.85. The van der Waals surface area contributed by atoms with Crippen molar-refractivity contribution in [2.75, 3.05) is 5.75 Å². The van der Waals surface area contributed by atoms with Crippen molar-refractivity contribution in [1.82, 2.24) is 0 Å². The van der Waals surface area contributed by atoms with Crippen molar-refractivity contribution in [2.45, 2.75) is 45.2 Å². The highest BCUT2D eigenvalue weighted by Gasteiger charge is 2.20. The van der Waals surface area contributed by atoms with Gasteiger partial charge in [-0.1, -0.05) is 42.5 Å². The van der Waals surface area contributed by atoms with Crippen LogP contribution in [0.5, 0.6) is 0 Å². The fourth-order valence-corrected chi connectivity index (χ4v) is 3.33. The Morgan fingerprint density at radius 2 is 1.88 bits per heavy atom. The van der Waals surface area contributed by atoms with Gasteiger partial charge in [-0.2, -0.15) is 0 Å². The van der Waals surface area contributed by atoms with Crippen LogP contribution in [-0.4, -0.2) is 31.3 Å². The van der Waals surface area contributed by atoms with Gasteiger partial charge in [0.2, 0.25) is 0 Å². The zero-order chi connectivity index (χ0) is 18.2. The number of Topliss-reactive ketones (excluding diaryl/α,β-unsaturated/α-hetero) is 1. The quantitative estimate of drug-likeness (QED) is 0.606. The molecule has 1 aromatic carbocycles. The molecule has 0 heterocycles. The van der Waals surface area contributed by atoms with Crippen LogP contribution in [0.3, 0.4) is 0 Å². The minimum Gasteiger partial charge on any atom is -0.369 e. The summed E-state index contributed by atoms with van der Waals surface area (Å²) < 4.78 is 30.0. The molecule has 0 amide bonds. The Bertz CT molecular complexity index is 675. The van der Waals surface area contributed by atoms with Gasteiger partial charge in [-0.25, -0.2) is 8.42 Å². The Labute approximate surface area is 145 Å². The molecule has 0 saturated heterocycles. The second-order valence-electron chi connectivity index (χ2n) is 5.93. The van der Waals surface area contributed by atoms with E-state index in [-0.39, 0.29) is 18.0 Å². The first kappa shape index (κ1) is 20.3. The number of rotatable bonds is 10. The lowest BCUT2D eigenvalue weighted by Gasteiger charge is -2.19. The van der Waals surface area contributed by atoms with Gasteiger partial charge in [-0.15, -0.1) is 6.58 Å². The minimum absolute atomic E-state index is 0.00223. The number of benzene rings is 1. The summed E-state index contributed by atoms with van der Waals surface area (Å²) in [5.41, 5.74) is 1.76. The van der Waals surface area contributed by atoms with Crippen LogP contribution >= 0.6 is 0 Å². The van der Waals surface area contributed by atoms with Crippen molar-refractivity contribution in [1.29, 1.82) is 0 Å². The maximum absolute atomic E-state index is 12.1. The van der Waals surface area contributed by atoms with Crippen molar-refractivity contribution in [3.8, 4) is 0 Å². The third-order valence-electron chi connectivity index (χ3n) is 3.69. The molecule has 5 heteroatoms. The van der Waals surface area contributed by atoms with Crippen LogP contribution in [0, 0.1) is 0 Å². The Kier molecular flexibility index (Phi) is 8.08. The summed E-state index contributed by atoms with van der Waals surface area (Å²) in [6.45, 7) is 8.79. The number of hydrogen-bond donors (Lipinski definition) is 0. The van der Waals surface area contributed by atoms with Gasteiger partial charge < -0.3 is 4.74 Å². The SMILES string of the molecule is C=CCS(=O)(=O)[C@@H](C)/C=C(/C)[C@@H](CC(C)=O)OCc1ccccc1. The molecule has 1 rings (SSSR count). The first-order chi connectivity index (χ1) is 11.3. The predicted octanol–water partition coefficient (Wildman–Crippen LogP) is 3.49. The molecule has 0 aromatic heterocycles. The van der Waals surface area contributed by atoms with Gasteiger partial charge in [-0.05, 0) is 31.9 Å². The Morgan fingerprint density at radius 1 is 1.25 bits per heavy atom. The normalized spacial score (nSPS) is 14.9. The zero-order valence-corrected chi connectivity index (χ0v) is 15.4. The molecule has 2 atom stereocenters. The molecule has 0 saturated carbocycles. The molecule has 0 spiro atoms. The van der Waals surface area contributed by atoms with E-state index in [9.17, 15) is 13.2 Å². The van der Waals surface area contributed by atoms with E-state index < -0.39 is 21.2 Å². The van der Waals surface area contributed by atoms with Gasteiger partial charge in [0.1, 0.15) is 5.78 Å². The van der Waals surface area contributed by atoms with E-state index in [2.05, 4.69) is 6.58 Å². The van der Waals surface area contributed by atoms with E-state index in [0.717, 1.165) is 11.1 Å². The summed E-state index contributed by atoms with van der Waals surface area (Å²) in [6, 6.07) is 9.66. The summed E-state index contributed by atoms with van der Waals surface area (Å²) in [5, 5.41) is -0.648.